The molecule has 2 N–H and O–H groups in total. The highest BCUT2D eigenvalue weighted by atomic mass is 32.2. The number of hydrogen-bond donors (Lipinski definition) is 1. The predicted octanol–water partition coefficient (Wildman–Crippen LogP) is 0.198. The zero-order chi connectivity index (χ0) is 14.0. The fourth-order valence-electron chi connectivity index (χ4n) is 1.81. The van der Waals surface area contributed by atoms with Crippen LogP contribution >= 0.6 is 0 Å². The lowest BCUT2D eigenvalue weighted by Gasteiger charge is -2.25. The number of ether oxygens (including phenoxy) is 1. The Morgan fingerprint density at radius 3 is 2.53 bits per heavy atom. The third-order valence-electron chi connectivity index (χ3n) is 2.77. The first-order chi connectivity index (χ1) is 8.93. The summed E-state index contributed by atoms with van der Waals surface area (Å²) in [7, 11) is -3.93. The molecule has 104 valence electrons. The van der Waals surface area contributed by atoms with Gasteiger partial charge in [0.05, 0.1) is 18.1 Å². The van der Waals surface area contributed by atoms with Gasteiger partial charge in [-0.15, -0.1) is 0 Å². The summed E-state index contributed by atoms with van der Waals surface area (Å²) in [5, 5.41) is 10.9. The van der Waals surface area contributed by atoms with Gasteiger partial charge in [0, 0.05) is 24.8 Å². The SMILES string of the molecule is Nc1ccc([N+](=O)[O-])c(S(=O)(=O)N2CCOCC2)c1. The maximum atomic E-state index is 12.4. The topological polar surface area (TPSA) is 116 Å². The number of nitrogens with two attached hydrogens (primary N) is 1. The van der Waals surface area contributed by atoms with Crippen molar-refractivity contribution in [1.82, 2.24) is 4.31 Å². The molecule has 1 aliphatic rings. The molecule has 1 heterocycles. The van der Waals surface area contributed by atoms with Gasteiger partial charge in [0.2, 0.25) is 10.0 Å². The highest BCUT2D eigenvalue weighted by Crippen LogP contribution is 2.28. The fourth-order valence-corrected chi connectivity index (χ4v) is 3.41. The molecule has 19 heavy (non-hydrogen) atoms. The van der Waals surface area contributed by atoms with E-state index in [1.165, 1.54) is 6.07 Å². The summed E-state index contributed by atoms with van der Waals surface area (Å²) < 4.78 is 31.0. The van der Waals surface area contributed by atoms with Crippen molar-refractivity contribution in [3.05, 3.63) is 28.3 Å². The molecule has 1 saturated heterocycles. The van der Waals surface area contributed by atoms with Crippen molar-refractivity contribution in [2.75, 3.05) is 32.0 Å². The normalized spacial score (nSPS) is 17.3. The summed E-state index contributed by atoms with van der Waals surface area (Å²) in [4.78, 5) is 9.81. The third-order valence-corrected chi connectivity index (χ3v) is 4.70. The molecular formula is C10H13N3O5S. The van der Waals surface area contributed by atoms with E-state index in [2.05, 4.69) is 0 Å². The van der Waals surface area contributed by atoms with Crippen molar-refractivity contribution >= 4 is 21.4 Å². The molecule has 1 aliphatic heterocycles. The molecule has 1 aromatic rings. The van der Waals surface area contributed by atoms with Gasteiger partial charge in [-0.2, -0.15) is 4.31 Å². The van der Waals surface area contributed by atoms with Gasteiger partial charge >= 0.3 is 0 Å². The summed E-state index contributed by atoms with van der Waals surface area (Å²) >= 11 is 0. The average molecular weight is 287 g/mol. The van der Waals surface area contributed by atoms with E-state index in [1.54, 1.807) is 0 Å². The van der Waals surface area contributed by atoms with Crippen LogP contribution in [-0.2, 0) is 14.8 Å². The molecule has 0 atom stereocenters. The molecule has 0 unspecified atom stereocenters. The zero-order valence-corrected chi connectivity index (χ0v) is 10.8. The van der Waals surface area contributed by atoms with Crippen molar-refractivity contribution < 1.29 is 18.1 Å². The van der Waals surface area contributed by atoms with Crippen molar-refractivity contribution in [3.63, 3.8) is 0 Å². The minimum absolute atomic E-state index is 0.164. The molecule has 0 spiro atoms. The lowest BCUT2D eigenvalue weighted by molar-refractivity contribution is -0.387. The maximum absolute atomic E-state index is 12.4. The van der Waals surface area contributed by atoms with Crippen LogP contribution in [0, 0.1) is 10.1 Å². The van der Waals surface area contributed by atoms with Crippen molar-refractivity contribution in [2.45, 2.75) is 4.90 Å². The molecule has 0 radical (unpaired) electrons. The van der Waals surface area contributed by atoms with Crippen LogP contribution in [0.25, 0.3) is 0 Å². The highest BCUT2D eigenvalue weighted by Gasteiger charge is 2.32. The van der Waals surface area contributed by atoms with Gasteiger partial charge < -0.3 is 10.5 Å². The number of anilines is 1. The second kappa shape index (κ2) is 5.11. The average Bonchev–Trinajstić information content (AvgIpc) is 2.39. The summed E-state index contributed by atoms with van der Waals surface area (Å²) in [6.07, 6.45) is 0. The van der Waals surface area contributed by atoms with Crippen molar-refractivity contribution in [2.24, 2.45) is 0 Å². The minimum Gasteiger partial charge on any atom is -0.399 e. The fraction of sp³-hybridized carbons (Fsp3) is 0.400. The van der Waals surface area contributed by atoms with Gasteiger partial charge in [0.1, 0.15) is 0 Å². The van der Waals surface area contributed by atoms with Crippen LogP contribution in [0.5, 0.6) is 0 Å². The van der Waals surface area contributed by atoms with Gasteiger partial charge in [-0.25, -0.2) is 8.42 Å². The molecule has 0 bridgehead atoms. The number of nitro groups is 1. The first-order valence-corrected chi connectivity index (χ1v) is 6.99. The van der Waals surface area contributed by atoms with E-state index < -0.39 is 20.6 Å². The molecule has 0 saturated carbocycles. The predicted molar refractivity (Wildman–Crippen MR) is 67.1 cm³/mol. The molecule has 0 amide bonds. The molecule has 2 rings (SSSR count). The van der Waals surface area contributed by atoms with Crippen molar-refractivity contribution in [1.29, 1.82) is 0 Å². The van der Waals surface area contributed by atoms with E-state index in [4.69, 9.17) is 10.5 Å². The van der Waals surface area contributed by atoms with E-state index in [1.807, 2.05) is 0 Å². The Bertz CT molecular complexity index is 595. The number of nitrogen functional groups attached to an aromatic ring is 1. The molecule has 0 aliphatic carbocycles. The number of morpholine rings is 1. The van der Waals surface area contributed by atoms with Crippen molar-refractivity contribution in [3.8, 4) is 0 Å². The maximum Gasteiger partial charge on any atom is 0.289 e. The lowest BCUT2D eigenvalue weighted by atomic mass is 10.3. The van der Waals surface area contributed by atoms with E-state index in [0.717, 1.165) is 16.4 Å². The van der Waals surface area contributed by atoms with E-state index in [-0.39, 0.29) is 36.9 Å². The lowest BCUT2D eigenvalue weighted by Crippen LogP contribution is -2.40. The van der Waals surface area contributed by atoms with Crippen LogP contribution in [0.3, 0.4) is 0 Å². The smallest absolute Gasteiger partial charge is 0.289 e. The monoisotopic (exact) mass is 287 g/mol. The first kappa shape index (κ1) is 13.7. The van der Waals surface area contributed by atoms with Crippen LogP contribution in [0.2, 0.25) is 0 Å². The quantitative estimate of drug-likeness (QED) is 0.482. The second-order valence-electron chi connectivity index (χ2n) is 4.00. The number of rotatable bonds is 3. The van der Waals surface area contributed by atoms with Crippen LogP contribution < -0.4 is 5.73 Å². The van der Waals surface area contributed by atoms with Gasteiger partial charge in [0.15, 0.2) is 4.90 Å². The van der Waals surface area contributed by atoms with E-state index >= 15 is 0 Å². The standard InChI is InChI=1S/C10H13N3O5S/c11-8-1-2-9(13(14)15)10(7-8)19(16,17)12-3-5-18-6-4-12/h1-2,7H,3-6,11H2. The summed E-state index contributed by atoms with van der Waals surface area (Å²) in [6, 6.07) is 3.52. The van der Waals surface area contributed by atoms with Crippen LogP contribution in [-0.4, -0.2) is 43.9 Å². The molecule has 1 fully saturated rings. The van der Waals surface area contributed by atoms with E-state index in [0.29, 0.717) is 0 Å². The molecule has 8 nitrogen and oxygen atoms in total. The summed E-state index contributed by atoms with van der Waals surface area (Å²) in [5.41, 5.74) is 5.22. The Morgan fingerprint density at radius 1 is 1.32 bits per heavy atom. The Balaban J connectivity index is 2.49. The van der Waals surface area contributed by atoms with Crippen LogP contribution in [0.1, 0.15) is 0 Å². The molecular weight excluding hydrogens is 274 g/mol. The Labute approximate surface area is 110 Å². The van der Waals surface area contributed by atoms with Crippen LogP contribution in [0.4, 0.5) is 11.4 Å². The van der Waals surface area contributed by atoms with Gasteiger partial charge in [0.25, 0.3) is 5.69 Å². The number of sulfonamides is 1. The molecule has 1 aromatic carbocycles. The van der Waals surface area contributed by atoms with Crippen LogP contribution in [0.15, 0.2) is 23.1 Å². The Hall–Kier alpha value is -1.71. The van der Waals surface area contributed by atoms with Gasteiger partial charge in [-0.05, 0) is 12.1 Å². The van der Waals surface area contributed by atoms with E-state index in [9.17, 15) is 18.5 Å². The van der Waals surface area contributed by atoms with Gasteiger partial charge in [-0.3, -0.25) is 10.1 Å². The number of nitrogens with zero attached hydrogens (tertiary/aromatic N) is 2. The van der Waals surface area contributed by atoms with Gasteiger partial charge in [-0.1, -0.05) is 0 Å². The molecule has 9 heteroatoms. The first-order valence-electron chi connectivity index (χ1n) is 5.55. The molecule has 0 aromatic heterocycles. The minimum atomic E-state index is -3.93. The number of hydrogen-bond acceptors (Lipinski definition) is 6. The number of benzene rings is 1. The Morgan fingerprint density at radius 2 is 1.95 bits per heavy atom. The second-order valence-corrected chi connectivity index (χ2v) is 5.91. The number of nitro benzene ring substituents is 1. The summed E-state index contributed by atoms with van der Waals surface area (Å²) in [6.45, 7) is 0.896. The zero-order valence-electron chi connectivity index (χ0n) is 9.98. The summed E-state index contributed by atoms with van der Waals surface area (Å²) in [5.74, 6) is 0. The Kier molecular flexibility index (Phi) is 3.69. The highest BCUT2D eigenvalue weighted by molar-refractivity contribution is 7.89. The largest absolute Gasteiger partial charge is 0.399 e. The third kappa shape index (κ3) is 2.67.